The van der Waals surface area contributed by atoms with Gasteiger partial charge in [-0.2, -0.15) is 5.10 Å². The van der Waals surface area contributed by atoms with E-state index in [1.807, 2.05) is 60.0 Å². The lowest BCUT2D eigenvalue weighted by atomic mass is 10.0. The standard InChI is InChI=1S/C27H23ClN4O2S2/c28-19-9-4-5-10-20(19)32-27-24(25(30-32)17-7-2-1-3-8-17)26(21-11-6-14-35-21)36-16-23(34)31(27)15-22(33)29-18-12-13-18/h1-11,14,18,26H,12-13,15-16H2,(H,29,33). The molecule has 1 unspecified atom stereocenters. The Bertz CT molecular complexity index is 1420. The molecule has 0 bridgehead atoms. The summed E-state index contributed by atoms with van der Waals surface area (Å²) in [4.78, 5) is 29.3. The summed E-state index contributed by atoms with van der Waals surface area (Å²) < 4.78 is 1.74. The number of rotatable bonds is 6. The van der Waals surface area contributed by atoms with Gasteiger partial charge in [-0.15, -0.1) is 23.1 Å². The zero-order valence-corrected chi connectivity index (χ0v) is 21.7. The van der Waals surface area contributed by atoms with Gasteiger partial charge in [-0.1, -0.05) is 60.1 Å². The largest absolute Gasteiger partial charge is 0.352 e. The van der Waals surface area contributed by atoms with Crippen LogP contribution in [0, 0.1) is 0 Å². The Kier molecular flexibility index (Phi) is 6.33. The van der Waals surface area contributed by atoms with E-state index in [0.717, 1.165) is 34.5 Å². The second kappa shape index (κ2) is 9.76. The molecule has 1 aliphatic carbocycles. The molecule has 2 aromatic heterocycles. The van der Waals surface area contributed by atoms with E-state index in [9.17, 15) is 9.59 Å². The Morgan fingerprint density at radius 3 is 2.56 bits per heavy atom. The van der Waals surface area contributed by atoms with Crippen LogP contribution in [0.1, 0.15) is 28.5 Å². The predicted molar refractivity (Wildman–Crippen MR) is 146 cm³/mol. The first-order valence-corrected chi connectivity index (χ1v) is 14.1. The maximum absolute atomic E-state index is 13.6. The third kappa shape index (κ3) is 4.45. The van der Waals surface area contributed by atoms with Crippen molar-refractivity contribution >= 4 is 52.3 Å². The maximum Gasteiger partial charge on any atom is 0.240 e. The summed E-state index contributed by atoms with van der Waals surface area (Å²) in [6.07, 6.45) is 1.97. The van der Waals surface area contributed by atoms with Crippen LogP contribution in [0.5, 0.6) is 0 Å². The highest BCUT2D eigenvalue weighted by Crippen LogP contribution is 2.49. The van der Waals surface area contributed by atoms with Crippen molar-refractivity contribution in [3.8, 4) is 16.9 Å². The van der Waals surface area contributed by atoms with E-state index in [0.29, 0.717) is 16.5 Å². The first-order chi connectivity index (χ1) is 17.6. The van der Waals surface area contributed by atoms with Crippen molar-refractivity contribution in [3.05, 3.63) is 87.6 Å². The van der Waals surface area contributed by atoms with Crippen molar-refractivity contribution in [3.63, 3.8) is 0 Å². The number of para-hydroxylation sites is 1. The number of carbonyl (C=O) groups excluding carboxylic acids is 2. The Morgan fingerprint density at radius 1 is 1.06 bits per heavy atom. The second-order valence-corrected chi connectivity index (χ2v) is 11.3. The Hall–Kier alpha value is -3.07. The number of fused-ring (bicyclic) bond motifs is 1. The van der Waals surface area contributed by atoms with Crippen molar-refractivity contribution < 1.29 is 9.59 Å². The third-order valence-corrected chi connectivity index (χ3v) is 8.91. The maximum atomic E-state index is 13.6. The van der Waals surface area contributed by atoms with Gasteiger partial charge < -0.3 is 5.32 Å². The molecule has 182 valence electrons. The smallest absolute Gasteiger partial charge is 0.240 e. The summed E-state index contributed by atoms with van der Waals surface area (Å²) in [5, 5.41) is 10.5. The number of anilines is 1. The van der Waals surface area contributed by atoms with Crippen LogP contribution in [0.3, 0.4) is 0 Å². The van der Waals surface area contributed by atoms with Crippen LogP contribution in [-0.4, -0.2) is 39.9 Å². The molecule has 6 rings (SSSR count). The van der Waals surface area contributed by atoms with E-state index in [4.69, 9.17) is 16.7 Å². The second-order valence-electron chi connectivity index (χ2n) is 8.84. The van der Waals surface area contributed by atoms with E-state index in [1.165, 1.54) is 0 Å². The summed E-state index contributed by atoms with van der Waals surface area (Å²) in [5.74, 6) is 0.565. The lowest BCUT2D eigenvalue weighted by Crippen LogP contribution is -2.43. The molecule has 3 heterocycles. The highest BCUT2D eigenvalue weighted by Gasteiger charge is 2.38. The van der Waals surface area contributed by atoms with E-state index in [-0.39, 0.29) is 35.4 Å². The van der Waals surface area contributed by atoms with Crippen molar-refractivity contribution in [1.29, 1.82) is 0 Å². The average Bonchev–Trinajstić information content (AvgIpc) is 3.41. The van der Waals surface area contributed by atoms with Gasteiger partial charge in [0.25, 0.3) is 0 Å². The van der Waals surface area contributed by atoms with Crippen LogP contribution in [0.2, 0.25) is 5.02 Å². The SMILES string of the molecule is O=C(CN1C(=O)CSC(c2cccs2)c2c(-c3ccccc3)nn(-c3ccccc3Cl)c21)NC1CC1. The van der Waals surface area contributed by atoms with Crippen LogP contribution in [0.15, 0.2) is 72.1 Å². The first-order valence-electron chi connectivity index (χ1n) is 11.8. The molecule has 2 amide bonds. The molecule has 1 saturated carbocycles. The molecule has 1 N–H and O–H groups in total. The van der Waals surface area contributed by atoms with Gasteiger partial charge >= 0.3 is 0 Å². The number of nitrogens with zero attached hydrogens (tertiary/aromatic N) is 3. The lowest BCUT2D eigenvalue weighted by molar-refractivity contribution is -0.123. The molecule has 0 spiro atoms. The van der Waals surface area contributed by atoms with Gasteiger partial charge in [0, 0.05) is 22.0 Å². The molecule has 2 aromatic carbocycles. The predicted octanol–water partition coefficient (Wildman–Crippen LogP) is 5.70. The number of thiophene rings is 1. The van der Waals surface area contributed by atoms with Crippen LogP contribution in [-0.2, 0) is 9.59 Å². The minimum Gasteiger partial charge on any atom is -0.352 e. The Labute approximate surface area is 222 Å². The molecule has 4 aromatic rings. The average molecular weight is 535 g/mol. The zero-order chi connectivity index (χ0) is 24.6. The first kappa shape index (κ1) is 23.3. The minimum atomic E-state index is -0.162. The van der Waals surface area contributed by atoms with E-state index >= 15 is 0 Å². The summed E-state index contributed by atoms with van der Waals surface area (Å²) in [6.45, 7) is -0.0651. The molecular weight excluding hydrogens is 512 g/mol. The van der Waals surface area contributed by atoms with Crippen molar-refractivity contribution in [2.24, 2.45) is 0 Å². The topological polar surface area (TPSA) is 67.2 Å². The fourth-order valence-corrected chi connectivity index (χ4v) is 6.82. The highest BCUT2D eigenvalue weighted by atomic mass is 35.5. The van der Waals surface area contributed by atoms with Crippen LogP contribution in [0.4, 0.5) is 5.82 Å². The molecule has 9 heteroatoms. The van der Waals surface area contributed by atoms with Gasteiger partial charge in [-0.05, 0) is 36.4 Å². The fourth-order valence-electron chi connectivity index (χ4n) is 4.43. The van der Waals surface area contributed by atoms with Gasteiger partial charge in [0.2, 0.25) is 11.8 Å². The number of halogens is 1. The highest BCUT2D eigenvalue weighted by molar-refractivity contribution is 8.00. The quantitative estimate of drug-likeness (QED) is 0.344. The number of hydrogen-bond acceptors (Lipinski definition) is 5. The molecular formula is C27H23ClN4O2S2. The number of amides is 2. The molecule has 1 atom stereocenters. The number of hydrogen-bond donors (Lipinski definition) is 1. The van der Waals surface area contributed by atoms with Crippen LogP contribution >= 0.6 is 34.7 Å². The number of benzene rings is 2. The lowest BCUT2D eigenvalue weighted by Gasteiger charge is -2.23. The van der Waals surface area contributed by atoms with Crippen LogP contribution in [0.25, 0.3) is 16.9 Å². The molecule has 0 saturated heterocycles. The van der Waals surface area contributed by atoms with Gasteiger partial charge in [0.15, 0.2) is 0 Å². The molecule has 6 nitrogen and oxygen atoms in total. The summed E-state index contributed by atoms with van der Waals surface area (Å²) in [7, 11) is 0. The zero-order valence-electron chi connectivity index (χ0n) is 19.3. The number of nitrogens with one attached hydrogen (secondary N) is 1. The van der Waals surface area contributed by atoms with Gasteiger partial charge in [-0.25, -0.2) is 4.68 Å². The fraction of sp³-hybridized carbons (Fsp3) is 0.222. The molecule has 1 fully saturated rings. The summed E-state index contributed by atoms with van der Waals surface area (Å²) >= 11 is 9.88. The molecule has 1 aliphatic heterocycles. The molecule has 0 radical (unpaired) electrons. The van der Waals surface area contributed by atoms with Gasteiger partial charge in [0.1, 0.15) is 12.4 Å². The third-order valence-electron chi connectivity index (χ3n) is 6.26. The summed E-state index contributed by atoms with van der Waals surface area (Å²) in [5.41, 5.74) is 3.30. The normalized spacial score (nSPS) is 17.5. The van der Waals surface area contributed by atoms with E-state index in [2.05, 4.69) is 11.4 Å². The van der Waals surface area contributed by atoms with E-state index < -0.39 is 0 Å². The number of thioether (sulfide) groups is 1. The number of carbonyl (C=O) groups is 2. The van der Waals surface area contributed by atoms with Crippen molar-refractivity contribution in [2.75, 3.05) is 17.2 Å². The minimum absolute atomic E-state index is 0.0651. The molecule has 2 aliphatic rings. The Morgan fingerprint density at radius 2 is 1.83 bits per heavy atom. The summed E-state index contributed by atoms with van der Waals surface area (Å²) in [6, 6.07) is 21.7. The van der Waals surface area contributed by atoms with Crippen molar-refractivity contribution in [2.45, 2.75) is 24.1 Å². The van der Waals surface area contributed by atoms with Gasteiger partial charge in [-0.3, -0.25) is 14.5 Å². The van der Waals surface area contributed by atoms with Crippen LogP contribution < -0.4 is 10.2 Å². The van der Waals surface area contributed by atoms with Crippen molar-refractivity contribution in [1.82, 2.24) is 15.1 Å². The molecule has 36 heavy (non-hydrogen) atoms. The Balaban J connectivity index is 1.61. The van der Waals surface area contributed by atoms with E-state index in [1.54, 1.807) is 38.7 Å². The number of aromatic nitrogens is 2. The monoisotopic (exact) mass is 534 g/mol. The van der Waals surface area contributed by atoms with Gasteiger partial charge in [0.05, 0.1) is 27.4 Å².